The minimum atomic E-state index is 0. The van der Waals surface area contributed by atoms with Gasteiger partial charge in [0.2, 0.25) is 5.91 Å². The molecule has 1 aromatic carbocycles. The number of quaternary nitrogens is 1. The van der Waals surface area contributed by atoms with Gasteiger partial charge < -0.3 is 26.4 Å². The highest BCUT2D eigenvalue weighted by Gasteiger charge is 2.33. The molecule has 4 heteroatoms. The second-order valence-corrected chi connectivity index (χ2v) is 10.8. The molecule has 0 N–H and O–H groups in total. The van der Waals surface area contributed by atoms with Crippen molar-refractivity contribution in [2.75, 3.05) is 32.7 Å². The molecule has 0 unspecified atom stereocenters. The Morgan fingerprint density at radius 2 is 1.17 bits per heavy atom. The van der Waals surface area contributed by atoms with Crippen LogP contribution in [0.25, 0.3) is 0 Å². The van der Waals surface area contributed by atoms with Crippen molar-refractivity contribution in [2.45, 2.75) is 123 Å². The topological polar surface area (TPSA) is 20.3 Å². The molecular formula is C31H55BrN2O. The highest BCUT2D eigenvalue weighted by atomic mass is 79.9. The number of halogens is 1. The van der Waals surface area contributed by atoms with Gasteiger partial charge in [-0.05, 0) is 13.3 Å². The number of carbonyl (C=O) groups is 1. The highest BCUT2D eigenvalue weighted by Crippen LogP contribution is 2.20. The van der Waals surface area contributed by atoms with Crippen LogP contribution in [0, 0.1) is 0 Å². The molecule has 0 aromatic heterocycles. The van der Waals surface area contributed by atoms with Crippen molar-refractivity contribution in [3.05, 3.63) is 35.9 Å². The smallest absolute Gasteiger partial charge is 0.222 e. The van der Waals surface area contributed by atoms with Crippen LogP contribution in [0.15, 0.2) is 30.3 Å². The molecule has 35 heavy (non-hydrogen) atoms. The van der Waals surface area contributed by atoms with E-state index in [4.69, 9.17) is 0 Å². The fourth-order valence-electron chi connectivity index (χ4n) is 5.50. The number of benzene rings is 1. The van der Waals surface area contributed by atoms with Crippen LogP contribution in [0.2, 0.25) is 0 Å². The molecule has 1 aromatic rings. The average molecular weight is 552 g/mol. The molecule has 0 bridgehead atoms. The standard InChI is InChI=1S/C31H55N2O.BrH/c1-3-5-6-7-8-9-10-11-12-13-14-15-16-17-21-24-31(34)32-25-27-33(4-2,28-26-32)29-30-22-19-18-20-23-30;/h18-20,22-23H,3-17,21,24-29H2,1-2H3;1H/q+1;/p-1. The van der Waals surface area contributed by atoms with Crippen molar-refractivity contribution < 1.29 is 26.3 Å². The van der Waals surface area contributed by atoms with Crippen LogP contribution in [-0.4, -0.2) is 48.0 Å². The largest absolute Gasteiger partial charge is 1.00 e. The molecule has 0 saturated carbocycles. The van der Waals surface area contributed by atoms with Gasteiger partial charge in [-0.2, -0.15) is 0 Å². The Balaban J connectivity index is 0.00000612. The number of unbranched alkanes of at least 4 members (excludes halogenated alkanes) is 14. The lowest BCUT2D eigenvalue weighted by atomic mass is 10.0. The molecule has 1 aliphatic rings. The zero-order valence-electron chi connectivity index (χ0n) is 23.1. The molecule has 1 fully saturated rings. The monoisotopic (exact) mass is 550 g/mol. The van der Waals surface area contributed by atoms with Crippen LogP contribution < -0.4 is 17.0 Å². The molecule has 0 radical (unpaired) electrons. The van der Waals surface area contributed by atoms with Gasteiger partial charge in [0.1, 0.15) is 6.54 Å². The Kier molecular flexibility index (Phi) is 18.6. The summed E-state index contributed by atoms with van der Waals surface area (Å²) in [6.45, 7) is 10.9. The number of carbonyl (C=O) groups excluding carboxylic acids is 1. The lowest BCUT2D eigenvalue weighted by molar-refractivity contribution is -0.942. The molecule has 1 saturated heterocycles. The molecule has 3 nitrogen and oxygen atoms in total. The SMILES string of the molecule is CCCCCCCCCCCCCCCCCC(=O)N1CC[N+](CC)(Cc2ccccc2)CC1.[Br-]. The summed E-state index contributed by atoms with van der Waals surface area (Å²) >= 11 is 0. The predicted molar refractivity (Wildman–Crippen MR) is 147 cm³/mol. The fraction of sp³-hybridized carbons (Fsp3) is 0.774. The first-order chi connectivity index (χ1) is 16.7. The van der Waals surface area contributed by atoms with Gasteiger partial charge in [-0.1, -0.05) is 127 Å². The summed E-state index contributed by atoms with van der Waals surface area (Å²) in [5.41, 5.74) is 1.42. The van der Waals surface area contributed by atoms with E-state index < -0.39 is 0 Å². The number of amides is 1. The summed E-state index contributed by atoms with van der Waals surface area (Å²) < 4.78 is 1.12. The molecule has 202 valence electrons. The van der Waals surface area contributed by atoms with E-state index in [0.717, 1.165) is 56.6 Å². The third-order valence-corrected chi connectivity index (χ3v) is 8.07. The van der Waals surface area contributed by atoms with E-state index in [9.17, 15) is 4.79 Å². The van der Waals surface area contributed by atoms with Gasteiger partial charge in [0.05, 0.1) is 32.7 Å². The van der Waals surface area contributed by atoms with Gasteiger partial charge in [-0.15, -0.1) is 0 Å². The van der Waals surface area contributed by atoms with Crippen molar-refractivity contribution in [1.82, 2.24) is 4.90 Å². The van der Waals surface area contributed by atoms with Crippen LogP contribution >= 0.6 is 0 Å². The van der Waals surface area contributed by atoms with E-state index in [2.05, 4.69) is 49.1 Å². The van der Waals surface area contributed by atoms with Crippen LogP contribution in [0.3, 0.4) is 0 Å². The molecule has 1 aliphatic heterocycles. The molecule has 0 atom stereocenters. The first-order valence-electron chi connectivity index (χ1n) is 14.9. The first-order valence-corrected chi connectivity index (χ1v) is 14.9. The maximum Gasteiger partial charge on any atom is 0.222 e. The molecule has 1 amide bonds. The third kappa shape index (κ3) is 13.9. The van der Waals surface area contributed by atoms with Crippen molar-refractivity contribution >= 4 is 5.91 Å². The zero-order valence-corrected chi connectivity index (χ0v) is 24.7. The second-order valence-electron chi connectivity index (χ2n) is 10.8. The summed E-state index contributed by atoms with van der Waals surface area (Å²) in [7, 11) is 0. The maximum absolute atomic E-state index is 12.7. The second kappa shape index (κ2) is 20.2. The van der Waals surface area contributed by atoms with E-state index in [1.807, 2.05) is 0 Å². The van der Waals surface area contributed by atoms with E-state index >= 15 is 0 Å². The minimum Gasteiger partial charge on any atom is -1.00 e. The lowest BCUT2D eigenvalue weighted by Gasteiger charge is -2.44. The van der Waals surface area contributed by atoms with Crippen LogP contribution in [0.4, 0.5) is 0 Å². The predicted octanol–water partition coefficient (Wildman–Crippen LogP) is 5.13. The van der Waals surface area contributed by atoms with Gasteiger partial charge in [0.25, 0.3) is 0 Å². The average Bonchev–Trinajstić information content (AvgIpc) is 2.87. The Morgan fingerprint density at radius 1 is 0.714 bits per heavy atom. The maximum atomic E-state index is 12.7. The summed E-state index contributed by atoms with van der Waals surface area (Å²) in [5, 5.41) is 0. The van der Waals surface area contributed by atoms with Gasteiger partial charge in [0, 0.05) is 12.0 Å². The number of hydrogen-bond donors (Lipinski definition) is 0. The Labute approximate surface area is 228 Å². The van der Waals surface area contributed by atoms with Crippen LogP contribution in [0.1, 0.15) is 122 Å². The quantitative estimate of drug-likeness (QED) is 0.173. The molecule has 0 spiro atoms. The Hall–Kier alpha value is -0.870. The number of piperazine rings is 1. The Bertz CT molecular complexity index is 628. The molecule has 2 rings (SSSR count). The zero-order chi connectivity index (χ0) is 24.3. The van der Waals surface area contributed by atoms with Gasteiger partial charge in [0.15, 0.2) is 0 Å². The number of rotatable bonds is 19. The number of nitrogens with zero attached hydrogens (tertiary/aromatic N) is 2. The lowest BCUT2D eigenvalue weighted by Crippen LogP contribution is -3.00. The first kappa shape index (κ1) is 32.2. The Morgan fingerprint density at radius 3 is 1.63 bits per heavy atom. The molecule has 0 aliphatic carbocycles. The van der Waals surface area contributed by atoms with Gasteiger partial charge >= 0.3 is 0 Å². The highest BCUT2D eigenvalue weighted by molar-refractivity contribution is 5.76. The normalized spacial score (nSPS) is 15.1. The summed E-state index contributed by atoms with van der Waals surface area (Å²) in [6.07, 6.45) is 21.3. The number of hydrogen-bond acceptors (Lipinski definition) is 1. The van der Waals surface area contributed by atoms with Crippen molar-refractivity contribution in [3.63, 3.8) is 0 Å². The van der Waals surface area contributed by atoms with E-state index in [1.165, 1.54) is 95.5 Å². The summed E-state index contributed by atoms with van der Waals surface area (Å²) in [4.78, 5) is 14.8. The molecule has 1 heterocycles. The number of likely N-dealkylation sites (N-methyl/N-ethyl adjacent to an activating group) is 1. The van der Waals surface area contributed by atoms with Crippen molar-refractivity contribution in [1.29, 1.82) is 0 Å². The third-order valence-electron chi connectivity index (χ3n) is 8.07. The summed E-state index contributed by atoms with van der Waals surface area (Å²) in [6, 6.07) is 10.8. The minimum absolute atomic E-state index is 0. The van der Waals surface area contributed by atoms with Crippen molar-refractivity contribution in [2.24, 2.45) is 0 Å². The molecular weight excluding hydrogens is 496 g/mol. The van der Waals surface area contributed by atoms with Gasteiger partial charge in [-0.25, -0.2) is 0 Å². The van der Waals surface area contributed by atoms with E-state index in [0.29, 0.717) is 5.91 Å². The van der Waals surface area contributed by atoms with Gasteiger partial charge in [-0.3, -0.25) is 4.79 Å². The fourth-order valence-corrected chi connectivity index (χ4v) is 5.50. The summed E-state index contributed by atoms with van der Waals surface area (Å²) in [5.74, 6) is 0.392. The van der Waals surface area contributed by atoms with E-state index in [-0.39, 0.29) is 17.0 Å². The van der Waals surface area contributed by atoms with E-state index in [1.54, 1.807) is 0 Å². The van der Waals surface area contributed by atoms with Crippen molar-refractivity contribution in [3.8, 4) is 0 Å². The van der Waals surface area contributed by atoms with Crippen LogP contribution in [0.5, 0.6) is 0 Å². The van der Waals surface area contributed by atoms with Crippen LogP contribution in [-0.2, 0) is 11.3 Å².